The van der Waals surface area contributed by atoms with Gasteiger partial charge in [-0.1, -0.05) is 36.3 Å². The molecule has 0 aromatic heterocycles. The van der Waals surface area contributed by atoms with Gasteiger partial charge in [-0.3, -0.25) is 4.79 Å². The third kappa shape index (κ3) is 4.71. The van der Waals surface area contributed by atoms with Crippen molar-refractivity contribution < 1.29 is 4.79 Å². The predicted molar refractivity (Wildman–Crippen MR) is 98.0 cm³/mol. The van der Waals surface area contributed by atoms with Gasteiger partial charge in [0.2, 0.25) is 0 Å². The molecule has 2 aromatic carbocycles. The molecule has 0 atom stereocenters. The normalized spacial score (nSPS) is 11.2. The van der Waals surface area contributed by atoms with Gasteiger partial charge < -0.3 is 10.6 Å². The van der Waals surface area contributed by atoms with E-state index in [0.29, 0.717) is 5.56 Å². The topological polar surface area (TPSA) is 41.1 Å². The van der Waals surface area contributed by atoms with Gasteiger partial charge in [0.1, 0.15) is 0 Å². The number of anilines is 2. The van der Waals surface area contributed by atoms with Crippen molar-refractivity contribution in [1.29, 1.82) is 0 Å². The summed E-state index contributed by atoms with van der Waals surface area (Å²) in [5.41, 5.74) is 5.94. The minimum absolute atomic E-state index is 0.104. The molecule has 0 radical (unpaired) electrons. The maximum atomic E-state index is 12.4. The Kier molecular flexibility index (Phi) is 5.58. The molecule has 0 aliphatic carbocycles. The van der Waals surface area contributed by atoms with E-state index in [1.807, 2.05) is 62.5 Å². The van der Waals surface area contributed by atoms with E-state index < -0.39 is 0 Å². The molecule has 0 saturated heterocycles. The van der Waals surface area contributed by atoms with E-state index in [2.05, 4.69) is 24.5 Å². The number of carbonyl (C=O) groups is 1. The lowest BCUT2D eigenvalue weighted by atomic mass is 10.1. The van der Waals surface area contributed by atoms with Crippen LogP contribution in [0, 0.1) is 13.8 Å². The first kappa shape index (κ1) is 16.8. The minimum Gasteiger partial charge on any atom is -0.362 e. The van der Waals surface area contributed by atoms with Gasteiger partial charge in [-0.05, 0) is 63.2 Å². The van der Waals surface area contributed by atoms with Gasteiger partial charge in [0.05, 0.1) is 0 Å². The quantitative estimate of drug-likeness (QED) is 0.789. The van der Waals surface area contributed by atoms with Crippen LogP contribution < -0.4 is 10.6 Å². The van der Waals surface area contributed by atoms with E-state index in [9.17, 15) is 4.79 Å². The molecule has 2 rings (SSSR count). The fraction of sp³-hybridized carbons (Fsp3) is 0.250. The standard InChI is InChI=1S/C20H24N2O/c1-5-14(2)13-21-19-12-17(9-8-16(19)4)20(23)22-18-10-6-15(3)7-11-18/h6-13,21H,5H2,1-4H3,(H,22,23)/b14-13-. The van der Waals surface area contributed by atoms with Crippen molar-refractivity contribution in [3.8, 4) is 0 Å². The summed E-state index contributed by atoms with van der Waals surface area (Å²) >= 11 is 0. The number of hydrogen-bond donors (Lipinski definition) is 2. The zero-order chi connectivity index (χ0) is 16.8. The number of allylic oxidation sites excluding steroid dienone is 1. The molecule has 0 saturated carbocycles. The molecule has 2 N–H and O–H groups in total. The first-order chi connectivity index (χ1) is 11.0. The van der Waals surface area contributed by atoms with Crippen LogP contribution in [-0.4, -0.2) is 5.91 Å². The fourth-order valence-corrected chi connectivity index (χ4v) is 2.06. The van der Waals surface area contributed by atoms with Crippen molar-refractivity contribution in [2.24, 2.45) is 0 Å². The molecule has 3 nitrogen and oxygen atoms in total. The van der Waals surface area contributed by atoms with Crippen LogP contribution >= 0.6 is 0 Å². The SMILES string of the molecule is CC/C(C)=C\Nc1cc(C(=O)Nc2ccc(C)cc2)ccc1C. The van der Waals surface area contributed by atoms with Crippen LogP contribution in [0.15, 0.2) is 54.2 Å². The molecular weight excluding hydrogens is 284 g/mol. The van der Waals surface area contributed by atoms with Crippen LogP contribution in [0.5, 0.6) is 0 Å². The fourth-order valence-electron chi connectivity index (χ4n) is 2.06. The Morgan fingerprint density at radius 2 is 1.78 bits per heavy atom. The van der Waals surface area contributed by atoms with Gasteiger partial charge in [0, 0.05) is 16.9 Å². The summed E-state index contributed by atoms with van der Waals surface area (Å²) in [5, 5.41) is 6.21. The molecule has 1 amide bonds. The number of hydrogen-bond acceptors (Lipinski definition) is 2. The van der Waals surface area contributed by atoms with Crippen molar-refractivity contribution >= 4 is 17.3 Å². The maximum Gasteiger partial charge on any atom is 0.255 e. The van der Waals surface area contributed by atoms with Crippen molar-refractivity contribution in [3.05, 3.63) is 70.9 Å². The summed E-state index contributed by atoms with van der Waals surface area (Å²) < 4.78 is 0. The van der Waals surface area contributed by atoms with Crippen molar-refractivity contribution in [3.63, 3.8) is 0 Å². The van der Waals surface area contributed by atoms with Gasteiger partial charge >= 0.3 is 0 Å². The number of nitrogens with one attached hydrogen (secondary N) is 2. The Morgan fingerprint density at radius 3 is 2.43 bits per heavy atom. The molecule has 0 heterocycles. The van der Waals surface area contributed by atoms with Crippen molar-refractivity contribution in [1.82, 2.24) is 0 Å². The summed E-state index contributed by atoms with van der Waals surface area (Å²) in [4.78, 5) is 12.4. The Morgan fingerprint density at radius 1 is 1.09 bits per heavy atom. The number of benzene rings is 2. The average molecular weight is 308 g/mol. The van der Waals surface area contributed by atoms with Crippen LogP contribution in [0.1, 0.15) is 41.8 Å². The molecule has 2 aromatic rings. The highest BCUT2D eigenvalue weighted by Crippen LogP contribution is 2.19. The van der Waals surface area contributed by atoms with Crippen molar-refractivity contribution in [2.45, 2.75) is 34.1 Å². The van der Waals surface area contributed by atoms with Crippen molar-refractivity contribution in [2.75, 3.05) is 10.6 Å². The molecule has 120 valence electrons. The van der Waals surface area contributed by atoms with Gasteiger partial charge in [-0.2, -0.15) is 0 Å². The minimum atomic E-state index is -0.104. The summed E-state index contributed by atoms with van der Waals surface area (Å²) in [5.74, 6) is -0.104. The highest BCUT2D eigenvalue weighted by Gasteiger charge is 2.08. The Hall–Kier alpha value is -2.55. The highest BCUT2D eigenvalue weighted by atomic mass is 16.1. The van der Waals surface area contributed by atoms with E-state index in [1.165, 1.54) is 11.1 Å². The first-order valence-corrected chi connectivity index (χ1v) is 7.90. The Labute approximate surface area is 138 Å². The molecule has 0 bridgehead atoms. The summed E-state index contributed by atoms with van der Waals surface area (Å²) in [6.45, 7) is 8.25. The molecule has 0 aliphatic rings. The van der Waals surface area contributed by atoms with Gasteiger partial charge in [0.25, 0.3) is 5.91 Å². The summed E-state index contributed by atoms with van der Waals surface area (Å²) in [7, 11) is 0. The lowest BCUT2D eigenvalue weighted by Gasteiger charge is -2.10. The maximum absolute atomic E-state index is 12.4. The van der Waals surface area contributed by atoms with E-state index in [4.69, 9.17) is 0 Å². The molecule has 0 unspecified atom stereocenters. The van der Waals surface area contributed by atoms with Crippen LogP contribution in [-0.2, 0) is 0 Å². The second-order valence-corrected chi connectivity index (χ2v) is 5.84. The lowest BCUT2D eigenvalue weighted by Crippen LogP contribution is -2.12. The van der Waals surface area contributed by atoms with Gasteiger partial charge in [-0.15, -0.1) is 0 Å². The molecular formula is C20H24N2O. The zero-order valence-electron chi connectivity index (χ0n) is 14.2. The Bertz CT molecular complexity index is 715. The predicted octanol–water partition coefficient (Wildman–Crippen LogP) is 5.28. The second kappa shape index (κ2) is 7.63. The van der Waals surface area contributed by atoms with Gasteiger partial charge in [0.15, 0.2) is 0 Å². The third-order valence-corrected chi connectivity index (χ3v) is 3.84. The second-order valence-electron chi connectivity index (χ2n) is 5.84. The first-order valence-electron chi connectivity index (χ1n) is 7.90. The molecule has 0 aliphatic heterocycles. The molecule has 3 heteroatoms. The van der Waals surface area contributed by atoms with E-state index in [1.54, 1.807) is 0 Å². The number of carbonyl (C=O) groups excluding carboxylic acids is 1. The number of amides is 1. The largest absolute Gasteiger partial charge is 0.362 e. The Balaban J connectivity index is 2.15. The van der Waals surface area contributed by atoms with E-state index in [-0.39, 0.29) is 5.91 Å². The molecule has 0 spiro atoms. The van der Waals surface area contributed by atoms with Crippen LogP contribution in [0.2, 0.25) is 0 Å². The average Bonchev–Trinajstić information content (AvgIpc) is 2.55. The molecule has 0 fully saturated rings. The lowest BCUT2D eigenvalue weighted by molar-refractivity contribution is 0.102. The summed E-state index contributed by atoms with van der Waals surface area (Å²) in [6.07, 6.45) is 2.99. The van der Waals surface area contributed by atoms with Crippen LogP contribution in [0.4, 0.5) is 11.4 Å². The monoisotopic (exact) mass is 308 g/mol. The smallest absolute Gasteiger partial charge is 0.255 e. The van der Waals surface area contributed by atoms with Gasteiger partial charge in [-0.25, -0.2) is 0 Å². The zero-order valence-corrected chi connectivity index (χ0v) is 14.2. The number of aryl methyl sites for hydroxylation is 2. The molecule has 23 heavy (non-hydrogen) atoms. The highest BCUT2D eigenvalue weighted by molar-refractivity contribution is 6.04. The summed E-state index contributed by atoms with van der Waals surface area (Å²) in [6, 6.07) is 13.5. The van der Waals surface area contributed by atoms with Crippen LogP contribution in [0.25, 0.3) is 0 Å². The third-order valence-electron chi connectivity index (χ3n) is 3.84. The van der Waals surface area contributed by atoms with Crippen LogP contribution in [0.3, 0.4) is 0 Å². The van der Waals surface area contributed by atoms with E-state index in [0.717, 1.165) is 23.4 Å². The number of rotatable bonds is 5. The van der Waals surface area contributed by atoms with E-state index >= 15 is 0 Å².